The van der Waals surface area contributed by atoms with Crippen LogP contribution in [-0.2, 0) is 0 Å². The van der Waals surface area contributed by atoms with Crippen LogP contribution >= 0.6 is 23.4 Å². The molecule has 92 valence electrons. The maximum Gasteiger partial charge on any atom is 0.192 e. The highest BCUT2D eigenvalue weighted by Crippen LogP contribution is 2.31. The smallest absolute Gasteiger partial charge is 0.192 e. The molecule has 2 aromatic rings. The van der Waals surface area contributed by atoms with Crippen LogP contribution in [0.15, 0.2) is 51.9 Å². The van der Waals surface area contributed by atoms with Gasteiger partial charge in [0.25, 0.3) is 0 Å². The van der Waals surface area contributed by atoms with Crippen molar-refractivity contribution in [3.05, 3.63) is 47.2 Å². The third-order valence-corrected chi connectivity index (χ3v) is 3.35. The summed E-state index contributed by atoms with van der Waals surface area (Å²) in [4.78, 5) is 8.92. The molecular formula is C11H9ClN4OS. The molecule has 0 saturated carbocycles. The predicted molar refractivity (Wildman–Crippen MR) is 70.1 cm³/mol. The Balaban J connectivity index is 2.42. The number of amidine groups is 1. The van der Waals surface area contributed by atoms with Gasteiger partial charge >= 0.3 is 0 Å². The summed E-state index contributed by atoms with van der Waals surface area (Å²) in [6.07, 6.45) is 3.28. The van der Waals surface area contributed by atoms with Gasteiger partial charge in [0.15, 0.2) is 11.0 Å². The van der Waals surface area contributed by atoms with Gasteiger partial charge in [0.1, 0.15) is 0 Å². The quantitative estimate of drug-likeness (QED) is 0.296. The number of benzene rings is 1. The van der Waals surface area contributed by atoms with Gasteiger partial charge in [0.2, 0.25) is 0 Å². The summed E-state index contributed by atoms with van der Waals surface area (Å²) in [6, 6.07) is 6.99. The Morgan fingerprint density at radius 2 is 2.00 bits per heavy atom. The van der Waals surface area contributed by atoms with Crippen molar-refractivity contribution < 1.29 is 5.21 Å². The largest absolute Gasteiger partial charge is 0.409 e. The Hall–Kier alpha value is -1.79. The SMILES string of the molecule is NC(=NO)c1c(Cl)cccc1Sc1ncccn1. The zero-order valence-electron chi connectivity index (χ0n) is 9.12. The lowest BCUT2D eigenvalue weighted by Crippen LogP contribution is -2.15. The molecule has 0 aliphatic rings. The van der Waals surface area contributed by atoms with Crippen molar-refractivity contribution in [2.45, 2.75) is 10.1 Å². The van der Waals surface area contributed by atoms with E-state index in [1.54, 1.807) is 36.7 Å². The first-order valence-electron chi connectivity index (χ1n) is 4.93. The molecule has 0 saturated heterocycles. The number of nitrogens with two attached hydrogens (primary N) is 1. The van der Waals surface area contributed by atoms with E-state index in [2.05, 4.69) is 15.1 Å². The van der Waals surface area contributed by atoms with E-state index in [0.717, 1.165) is 4.90 Å². The van der Waals surface area contributed by atoms with E-state index in [4.69, 9.17) is 22.5 Å². The molecule has 0 bridgehead atoms. The molecule has 3 N–H and O–H groups in total. The van der Waals surface area contributed by atoms with Gasteiger partial charge < -0.3 is 10.9 Å². The van der Waals surface area contributed by atoms with Crippen molar-refractivity contribution in [2.24, 2.45) is 10.9 Å². The summed E-state index contributed by atoms with van der Waals surface area (Å²) in [5, 5.41) is 12.7. The summed E-state index contributed by atoms with van der Waals surface area (Å²) in [6.45, 7) is 0. The Kier molecular flexibility index (Phi) is 4.01. The average molecular weight is 281 g/mol. The second kappa shape index (κ2) is 5.70. The summed E-state index contributed by atoms with van der Waals surface area (Å²) < 4.78 is 0. The van der Waals surface area contributed by atoms with Gasteiger partial charge in [-0.15, -0.1) is 0 Å². The van der Waals surface area contributed by atoms with Crippen LogP contribution in [0.1, 0.15) is 5.56 Å². The molecule has 5 nitrogen and oxygen atoms in total. The van der Waals surface area contributed by atoms with Crippen LogP contribution in [0.25, 0.3) is 0 Å². The van der Waals surface area contributed by atoms with Gasteiger partial charge in [0, 0.05) is 17.3 Å². The van der Waals surface area contributed by atoms with Crippen LogP contribution in [0.2, 0.25) is 5.02 Å². The van der Waals surface area contributed by atoms with Crippen molar-refractivity contribution in [3.8, 4) is 0 Å². The van der Waals surface area contributed by atoms with E-state index >= 15 is 0 Å². The first kappa shape index (κ1) is 12.7. The molecule has 0 aliphatic carbocycles. The zero-order chi connectivity index (χ0) is 13.0. The predicted octanol–water partition coefficient (Wildman–Crippen LogP) is 2.38. The van der Waals surface area contributed by atoms with Crippen LogP contribution in [-0.4, -0.2) is 21.0 Å². The van der Waals surface area contributed by atoms with E-state index in [9.17, 15) is 0 Å². The lowest BCUT2D eigenvalue weighted by Gasteiger charge is -2.08. The van der Waals surface area contributed by atoms with Crippen molar-refractivity contribution in [1.82, 2.24) is 9.97 Å². The van der Waals surface area contributed by atoms with E-state index in [1.807, 2.05) is 0 Å². The maximum atomic E-state index is 8.77. The van der Waals surface area contributed by atoms with Gasteiger partial charge in [-0.3, -0.25) is 0 Å². The third-order valence-electron chi connectivity index (χ3n) is 2.08. The molecule has 1 aromatic carbocycles. The van der Waals surface area contributed by atoms with Crippen molar-refractivity contribution in [1.29, 1.82) is 0 Å². The molecule has 0 amide bonds. The second-order valence-corrected chi connectivity index (χ2v) is 4.65. The fraction of sp³-hybridized carbons (Fsp3) is 0. The fourth-order valence-electron chi connectivity index (χ4n) is 1.32. The molecule has 1 aromatic heterocycles. The fourth-order valence-corrected chi connectivity index (χ4v) is 2.54. The first-order chi connectivity index (χ1) is 8.72. The maximum absolute atomic E-state index is 8.77. The molecule has 0 fully saturated rings. The normalized spacial score (nSPS) is 11.5. The Morgan fingerprint density at radius 3 is 2.67 bits per heavy atom. The van der Waals surface area contributed by atoms with Crippen LogP contribution in [0.5, 0.6) is 0 Å². The van der Waals surface area contributed by atoms with Gasteiger partial charge in [-0.05, 0) is 30.0 Å². The van der Waals surface area contributed by atoms with E-state index in [0.29, 0.717) is 15.7 Å². The molecule has 0 spiro atoms. The van der Waals surface area contributed by atoms with E-state index in [1.165, 1.54) is 11.8 Å². The lowest BCUT2D eigenvalue weighted by atomic mass is 10.2. The number of hydrogen-bond donors (Lipinski definition) is 2. The van der Waals surface area contributed by atoms with Gasteiger partial charge in [-0.1, -0.05) is 22.8 Å². The molecular weight excluding hydrogens is 272 g/mol. The van der Waals surface area contributed by atoms with E-state index < -0.39 is 0 Å². The van der Waals surface area contributed by atoms with Gasteiger partial charge in [-0.25, -0.2) is 9.97 Å². The Bertz CT molecular complexity index is 577. The van der Waals surface area contributed by atoms with Crippen molar-refractivity contribution in [3.63, 3.8) is 0 Å². The highest BCUT2D eigenvalue weighted by atomic mass is 35.5. The third kappa shape index (κ3) is 2.72. The number of halogens is 1. The van der Waals surface area contributed by atoms with Crippen LogP contribution in [0.3, 0.4) is 0 Å². The molecule has 7 heteroatoms. The van der Waals surface area contributed by atoms with Crippen LogP contribution in [0, 0.1) is 0 Å². The van der Waals surface area contributed by atoms with Crippen LogP contribution in [0.4, 0.5) is 0 Å². The molecule has 1 heterocycles. The number of oxime groups is 1. The number of aromatic nitrogens is 2. The molecule has 2 rings (SSSR count). The Morgan fingerprint density at radius 1 is 1.28 bits per heavy atom. The van der Waals surface area contributed by atoms with Crippen molar-refractivity contribution >= 4 is 29.2 Å². The minimum Gasteiger partial charge on any atom is -0.409 e. The molecule has 0 unspecified atom stereocenters. The summed E-state index contributed by atoms with van der Waals surface area (Å²) in [7, 11) is 0. The lowest BCUT2D eigenvalue weighted by molar-refractivity contribution is 0.318. The highest BCUT2D eigenvalue weighted by molar-refractivity contribution is 7.99. The number of hydrogen-bond acceptors (Lipinski definition) is 5. The summed E-state index contributed by atoms with van der Waals surface area (Å²) in [5.74, 6) is -0.0426. The topological polar surface area (TPSA) is 84.4 Å². The summed E-state index contributed by atoms with van der Waals surface area (Å²) in [5.41, 5.74) is 6.08. The molecule has 0 atom stereocenters. The van der Waals surface area contributed by atoms with Gasteiger partial charge in [0.05, 0.1) is 10.6 Å². The van der Waals surface area contributed by atoms with E-state index in [-0.39, 0.29) is 5.84 Å². The number of rotatable bonds is 3. The van der Waals surface area contributed by atoms with Gasteiger partial charge in [-0.2, -0.15) is 0 Å². The standard InChI is InChI=1S/C11H9ClN4OS/c12-7-3-1-4-8(9(7)10(13)16-17)18-11-14-5-2-6-15-11/h1-6,17H,(H2,13,16). The molecule has 0 radical (unpaired) electrons. The minimum absolute atomic E-state index is 0.0426. The zero-order valence-corrected chi connectivity index (χ0v) is 10.7. The van der Waals surface area contributed by atoms with Crippen LogP contribution < -0.4 is 5.73 Å². The first-order valence-corrected chi connectivity index (χ1v) is 6.13. The minimum atomic E-state index is -0.0426. The highest BCUT2D eigenvalue weighted by Gasteiger charge is 2.13. The second-order valence-electron chi connectivity index (χ2n) is 3.23. The monoisotopic (exact) mass is 280 g/mol. The number of nitrogens with zero attached hydrogens (tertiary/aromatic N) is 3. The Labute approximate surface area is 113 Å². The average Bonchev–Trinajstić information content (AvgIpc) is 2.39. The summed E-state index contributed by atoms with van der Waals surface area (Å²) >= 11 is 7.34. The van der Waals surface area contributed by atoms with Crippen molar-refractivity contribution in [2.75, 3.05) is 0 Å². The molecule has 0 aliphatic heterocycles. The molecule has 18 heavy (non-hydrogen) atoms.